The van der Waals surface area contributed by atoms with E-state index in [1.807, 2.05) is 19.9 Å². The molecule has 0 saturated heterocycles. The first kappa shape index (κ1) is 18.0. The van der Waals surface area contributed by atoms with Gasteiger partial charge in [-0.05, 0) is 36.9 Å². The molecule has 0 atom stereocenters. The fourth-order valence-corrected chi connectivity index (χ4v) is 6.47. The van der Waals surface area contributed by atoms with Gasteiger partial charge in [-0.25, -0.2) is 16.8 Å². The van der Waals surface area contributed by atoms with E-state index in [0.717, 1.165) is 17.3 Å². The van der Waals surface area contributed by atoms with Gasteiger partial charge in [0.1, 0.15) is 4.90 Å². The fourth-order valence-electron chi connectivity index (χ4n) is 2.59. The van der Waals surface area contributed by atoms with Crippen LogP contribution in [0.4, 0.5) is 0 Å². The highest BCUT2D eigenvalue weighted by molar-refractivity contribution is 8.04. The molecule has 0 amide bonds. The summed E-state index contributed by atoms with van der Waals surface area (Å²) in [5, 5.41) is 1.79. The number of hydrogen-bond acceptors (Lipinski definition) is 6. The van der Waals surface area contributed by atoms with Gasteiger partial charge in [0.25, 0.3) is 10.0 Å². The molecule has 0 aliphatic heterocycles. The highest BCUT2D eigenvalue weighted by Gasteiger charge is 2.24. The normalized spacial score (nSPS) is 12.6. The number of thiophene rings is 1. The molecule has 3 rings (SSSR count). The highest BCUT2D eigenvalue weighted by Crippen LogP contribution is 2.22. The van der Waals surface area contributed by atoms with Crippen LogP contribution in [0, 0.1) is 13.8 Å². The van der Waals surface area contributed by atoms with Crippen LogP contribution in [-0.2, 0) is 25.8 Å². The topological polar surface area (TPSA) is 93.2 Å². The van der Waals surface area contributed by atoms with Gasteiger partial charge in [0.05, 0.1) is 16.0 Å². The molecule has 0 unspecified atom stereocenters. The van der Waals surface area contributed by atoms with Crippen LogP contribution in [0.3, 0.4) is 0 Å². The van der Waals surface area contributed by atoms with Crippen LogP contribution >= 0.6 is 11.3 Å². The van der Waals surface area contributed by atoms with Crippen molar-refractivity contribution >= 4 is 41.6 Å². The third-order valence-corrected chi connectivity index (χ3v) is 7.77. The first-order valence-corrected chi connectivity index (χ1v) is 11.3. The van der Waals surface area contributed by atoms with E-state index in [-0.39, 0.29) is 4.90 Å². The summed E-state index contributed by atoms with van der Waals surface area (Å²) in [6.45, 7) is 3.71. The predicted octanol–water partition coefficient (Wildman–Crippen LogP) is 2.72. The second-order valence-corrected chi connectivity index (χ2v) is 10.4. The number of fused-ring (bicyclic) bond motifs is 1. The molecule has 0 radical (unpaired) electrons. The van der Waals surface area contributed by atoms with Crippen molar-refractivity contribution in [3.05, 3.63) is 58.6 Å². The highest BCUT2D eigenvalue weighted by atomic mass is 32.3. The maximum Gasteiger partial charge on any atom is 0.255 e. The van der Waals surface area contributed by atoms with Crippen molar-refractivity contribution in [3.63, 3.8) is 0 Å². The minimum Gasteiger partial charge on any atom is -0.254 e. The second-order valence-electron chi connectivity index (χ2n) is 5.82. The monoisotopic (exact) mass is 396 g/mol. The van der Waals surface area contributed by atoms with Gasteiger partial charge in [0.15, 0.2) is 0 Å². The maximum absolute atomic E-state index is 12.4. The van der Waals surface area contributed by atoms with E-state index in [0.29, 0.717) is 15.8 Å². The second kappa shape index (κ2) is 6.49. The summed E-state index contributed by atoms with van der Waals surface area (Å²) in [6, 6.07) is 8.54. The third kappa shape index (κ3) is 4.24. The number of aromatic nitrogens is 1. The van der Waals surface area contributed by atoms with E-state index in [4.69, 9.17) is 0 Å². The largest absolute Gasteiger partial charge is 0.255 e. The van der Waals surface area contributed by atoms with E-state index >= 15 is 0 Å². The van der Waals surface area contributed by atoms with Crippen molar-refractivity contribution in [2.24, 2.45) is 0 Å². The van der Waals surface area contributed by atoms with Crippen LogP contribution in [-0.4, -0.2) is 21.8 Å². The average molecular weight is 397 g/mol. The van der Waals surface area contributed by atoms with Crippen molar-refractivity contribution in [1.29, 1.82) is 0 Å². The number of rotatable bonds is 5. The number of pyridine rings is 1. The number of aryl methyl sites for hydroxylation is 2. The Hall–Kier alpha value is -1.81. The first-order valence-electron chi connectivity index (χ1n) is 7.31. The Bertz CT molecular complexity index is 1130. The van der Waals surface area contributed by atoms with Crippen LogP contribution in [0.2, 0.25) is 0 Å². The van der Waals surface area contributed by atoms with Crippen LogP contribution in [0.25, 0.3) is 10.2 Å². The summed E-state index contributed by atoms with van der Waals surface area (Å²) in [4.78, 5) is 3.87. The smallest absolute Gasteiger partial charge is 0.254 e. The lowest BCUT2D eigenvalue weighted by Gasteiger charge is -2.09. The molecule has 2 aromatic heterocycles. The molecule has 0 fully saturated rings. The Morgan fingerprint density at radius 1 is 1.04 bits per heavy atom. The van der Waals surface area contributed by atoms with Gasteiger partial charge in [0.2, 0.25) is 10.0 Å². The number of sulfonamides is 2. The summed E-state index contributed by atoms with van der Waals surface area (Å²) in [7, 11) is -8.30. The van der Waals surface area contributed by atoms with E-state index in [2.05, 4.69) is 4.98 Å². The molecule has 1 aromatic carbocycles. The number of benzene rings is 1. The molecule has 0 bridgehead atoms. The Labute approximate surface area is 150 Å². The average Bonchev–Trinajstić information content (AvgIpc) is 2.91. The van der Waals surface area contributed by atoms with Crippen LogP contribution in [0.5, 0.6) is 0 Å². The van der Waals surface area contributed by atoms with Gasteiger partial charge in [-0.2, -0.15) is 0 Å². The van der Waals surface area contributed by atoms with Gasteiger partial charge in [-0.3, -0.25) is 4.98 Å². The van der Waals surface area contributed by atoms with Crippen LogP contribution in [0.15, 0.2) is 46.8 Å². The molecule has 1 N–H and O–H groups in total. The fraction of sp³-hybridized carbons (Fsp3) is 0.188. The van der Waals surface area contributed by atoms with Gasteiger partial charge in [-0.15, -0.1) is 15.5 Å². The Morgan fingerprint density at radius 2 is 1.72 bits per heavy atom. The van der Waals surface area contributed by atoms with E-state index in [1.54, 1.807) is 27.7 Å². The lowest BCUT2D eigenvalue weighted by Crippen LogP contribution is -2.31. The standard InChI is InChI=1S/C16H16N2O4S3/c1-11-5-12(2)7-13(6-11)10-24(19,20)18-25(21,22)14-8-16-15(17-9-14)3-4-23-16/h3-9,18H,10H2,1-2H3. The SMILES string of the molecule is Cc1cc(C)cc(CS(=O)(=O)NS(=O)(=O)c2cnc3ccsc3c2)c1. The minimum atomic E-state index is -4.22. The van der Waals surface area contributed by atoms with E-state index in [9.17, 15) is 16.8 Å². The summed E-state index contributed by atoms with van der Waals surface area (Å²) in [6.07, 6.45) is 1.16. The van der Waals surface area contributed by atoms with E-state index in [1.165, 1.54) is 17.4 Å². The third-order valence-electron chi connectivity index (χ3n) is 3.46. The van der Waals surface area contributed by atoms with Crippen molar-refractivity contribution in [2.75, 3.05) is 0 Å². The molecular formula is C16H16N2O4S3. The lowest BCUT2D eigenvalue weighted by atomic mass is 10.1. The molecule has 6 nitrogen and oxygen atoms in total. The summed E-state index contributed by atoms with van der Waals surface area (Å²) < 4.78 is 51.9. The molecule has 0 aliphatic carbocycles. The molecule has 0 saturated carbocycles. The van der Waals surface area contributed by atoms with Crippen LogP contribution < -0.4 is 4.13 Å². The molecule has 3 aromatic rings. The Morgan fingerprint density at radius 3 is 2.40 bits per heavy atom. The van der Waals surface area contributed by atoms with Crippen molar-refractivity contribution < 1.29 is 16.8 Å². The zero-order valence-corrected chi connectivity index (χ0v) is 16.0. The maximum atomic E-state index is 12.4. The van der Waals surface area contributed by atoms with Gasteiger partial charge < -0.3 is 0 Å². The number of hydrogen-bond donors (Lipinski definition) is 1. The van der Waals surface area contributed by atoms with Gasteiger partial charge in [-0.1, -0.05) is 29.3 Å². The number of nitrogens with one attached hydrogen (secondary N) is 1. The predicted molar refractivity (Wildman–Crippen MR) is 98.5 cm³/mol. The zero-order valence-electron chi connectivity index (χ0n) is 13.6. The van der Waals surface area contributed by atoms with Gasteiger partial charge >= 0.3 is 0 Å². The lowest BCUT2D eigenvalue weighted by molar-refractivity contribution is 0.576. The molecule has 0 spiro atoms. The minimum absolute atomic E-state index is 0.175. The van der Waals surface area contributed by atoms with Crippen LogP contribution in [0.1, 0.15) is 16.7 Å². The molecule has 2 heterocycles. The molecule has 132 valence electrons. The molecule has 0 aliphatic rings. The molecule has 9 heteroatoms. The molecule has 25 heavy (non-hydrogen) atoms. The summed E-state index contributed by atoms with van der Waals surface area (Å²) in [5.41, 5.74) is 3.04. The van der Waals surface area contributed by atoms with E-state index < -0.39 is 25.8 Å². The Kier molecular flexibility index (Phi) is 4.67. The number of nitrogens with zero attached hydrogens (tertiary/aromatic N) is 1. The summed E-state index contributed by atoms with van der Waals surface area (Å²) >= 11 is 1.34. The van der Waals surface area contributed by atoms with Crippen molar-refractivity contribution in [1.82, 2.24) is 9.11 Å². The summed E-state index contributed by atoms with van der Waals surface area (Å²) in [5.74, 6) is -0.413. The van der Waals surface area contributed by atoms with Crippen molar-refractivity contribution in [3.8, 4) is 0 Å². The first-order chi connectivity index (χ1) is 11.6. The quantitative estimate of drug-likeness (QED) is 0.716. The zero-order chi connectivity index (χ0) is 18.2. The van der Waals surface area contributed by atoms with Crippen molar-refractivity contribution in [2.45, 2.75) is 24.5 Å². The molecular weight excluding hydrogens is 380 g/mol. The Balaban J connectivity index is 1.87. The van der Waals surface area contributed by atoms with Gasteiger partial charge in [0, 0.05) is 6.20 Å².